The fourth-order valence-electron chi connectivity index (χ4n) is 2.58. The number of likely N-dealkylation sites (N-methyl/N-ethyl adjacent to an activating group) is 1. The van der Waals surface area contributed by atoms with Crippen LogP contribution in [0.2, 0.25) is 0 Å². The third-order valence-electron chi connectivity index (χ3n) is 3.83. The first-order valence-electron chi connectivity index (χ1n) is 6.62. The van der Waals surface area contributed by atoms with Crippen molar-refractivity contribution in [1.82, 2.24) is 4.90 Å². The van der Waals surface area contributed by atoms with Gasteiger partial charge in [-0.3, -0.25) is 0 Å². The normalized spacial score (nSPS) is 19.3. The molecule has 0 aliphatic carbocycles. The second kappa shape index (κ2) is 5.81. The summed E-state index contributed by atoms with van der Waals surface area (Å²) in [5, 5.41) is 0. The molecule has 1 aliphatic heterocycles. The van der Waals surface area contributed by atoms with Gasteiger partial charge in [0.1, 0.15) is 4.99 Å². The van der Waals surface area contributed by atoms with E-state index in [1.165, 1.54) is 12.1 Å². The van der Waals surface area contributed by atoms with Crippen LogP contribution in [-0.4, -0.2) is 43.1 Å². The van der Waals surface area contributed by atoms with Crippen LogP contribution in [-0.2, 0) is 6.18 Å². The maximum absolute atomic E-state index is 13.0. The lowest BCUT2D eigenvalue weighted by atomic mass is 10.1. The van der Waals surface area contributed by atoms with Gasteiger partial charge in [-0.2, -0.15) is 13.2 Å². The predicted octanol–water partition coefficient (Wildman–Crippen LogP) is 2.48. The highest BCUT2D eigenvalue weighted by molar-refractivity contribution is 7.80. The van der Waals surface area contributed by atoms with Crippen LogP contribution in [0, 0.1) is 0 Å². The van der Waals surface area contributed by atoms with Crippen molar-refractivity contribution < 1.29 is 13.2 Å². The third kappa shape index (κ3) is 3.47. The molecule has 1 aromatic carbocycles. The molecule has 1 unspecified atom stereocenters. The van der Waals surface area contributed by atoms with Crippen molar-refractivity contribution in [2.45, 2.75) is 18.6 Å². The summed E-state index contributed by atoms with van der Waals surface area (Å²) in [7, 11) is 4.00. The van der Waals surface area contributed by atoms with E-state index < -0.39 is 11.7 Å². The Hall–Kier alpha value is -1.34. The standard InChI is InChI=1S/C14H18F3N3S/c1-19(2)10-5-6-20(8-10)9-3-4-12(14(15,16)17)11(7-9)13(18)21/h3-4,7,10H,5-6,8H2,1-2H3,(H2,18,21). The molecule has 1 heterocycles. The highest BCUT2D eigenvalue weighted by Crippen LogP contribution is 2.34. The molecule has 116 valence electrons. The van der Waals surface area contributed by atoms with Gasteiger partial charge < -0.3 is 15.5 Å². The summed E-state index contributed by atoms with van der Waals surface area (Å²) >= 11 is 4.77. The number of alkyl halides is 3. The largest absolute Gasteiger partial charge is 0.417 e. The Balaban J connectivity index is 2.31. The summed E-state index contributed by atoms with van der Waals surface area (Å²) in [4.78, 5) is 3.96. The number of rotatable bonds is 3. The fraction of sp³-hybridized carbons (Fsp3) is 0.500. The summed E-state index contributed by atoms with van der Waals surface area (Å²) < 4.78 is 38.9. The van der Waals surface area contributed by atoms with Crippen LogP contribution in [0.3, 0.4) is 0 Å². The Morgan fingerprint density at radius 1 is 1.38 bits per heavy atom. The summed E-state index contributed by atoms with van der Waals surface area (Å²) in [6, 6.07) is 4.40. The van der Waals surface area contributed by atoms with E-state index >= 15 is 0 Å². The molecule has 0 saturated carbocycles. The van der Waals surface area contributed by atoms with Crippen molar-refractivity contribution in [1.29, 1.82) is 0 Å². The van der Waals surface area contributed by atoms with E-state index in [0.29, 0.717) is 6.04 Å². The lowest BCUT2D eigenvalue weighted by molar-refractivity contribution is -0.137. The smallest absolute Gasteiger partial charge is 0.389 e. The van der Waals surface area contributed by atoms with Gasteiger partial charge in [-0.05, 0) is 38.7 Å². The van der Waals surface area contributed by atoms with Gasteiger partial charge in [0.2, 0.25) is 0 Å². The van der Waals surface area contributed by atoms with Crippen LogP contribution < -0.4 is 10.6 Å². The van der Waals surface area contributed by atoms with Gasteiger partial charge in [0, 0.05) is 30.4 Å². The first-order chi connectivity index (χ1) is 9.70. The van der Waals surface area contributed by atoms with Crippen molar-refractivity contribution >= 4 is 22.9 Å². The Labute approximate surface area is 127 Å². The van der Waals surface area contributed by atoms with Gasteiger partial charge in [0.05, 0.1) is 5.56 Å². The molecule has 0 amide bonds. The maximum Gasteiger partial charge on any atom is 0.417 e. The predicted molar refractivity (Wildman–Crippen MR) is 81.6 cm³/mol. The van der Waals surface area contributed by atoms with E-state index in [2.05, 4.69) is 9.80 Å². The molecule has 1 aromatic rings. The molecule has 0 aromatic heterocycles. The van der Waals surface area contributed by atoms with Crippen LogP contribution in [0.5, 0.6) is 0 Å². The summed E-state index contributed by atoms with van der Waals surface area (Å²) in [5.74, 6) is 0. The topological polar surface area (TPSA) is 32.5 Å². The number of anilines is 1. The molecular formula is C14H18F3N3S. The Kier molecular flexibility index (Phi) is 4.43. The molecule has 1 fully saturated rings. The molecule has 2 rings (SSSR count). The van der Waals surface area contributed by atoms with Crippen molar-refractivity contribution in [2.75, 3.05) is 32.1 Å². The van der Waals surface area contributed by atoms with Crippen molar-refractivity contribution in [3.8, 4) is 0 Å². The van der Waals surface area contributed by atoms with E-state index in [1.807, 2.05) is 14.1 Å². The molecular weight excluding hydrogens is 299 g/mol. The summed E-state index contributed by atoms with van der Waals surface area (Å²) in [5.41, 5.74) is 5.31. The number of hydrogen-bond donors (Lipinski definition) is 1. The summed E-state index contributed by atoms with van der Waals surface area (Å²) in [6.45, 7) is 1.60. The van der Waals surface area contributed by atoms with E-state index in [9.17, 15) is 13.2 Å². The zero-order chi connectivity index (χ0) is 15.8. The average Bonchev–Trinajstić information content (AvgIpc) is 2.86. The Morgan fingerprint density at radius 3 is 2.52 bits per heavy atom. The van der Waals surface area contributed by atoms with Crippen LogP contribution in [0.4, 0.5) is 18.9 Å². The second-order valence-electron chi connectivity index (χ2n) is 5.44. The Morgan fingerprint density at radius 2 is 2.05 bits per heavy atom. The minimum absolute atomic E-state index is 0.108. The Bertz CT molecular complexity index is 543. The number of hydrogen-bond acceptors (Lipinski definition) is 3. The molecule has 1 aliphatic rings. The third-order valence-corrected chi connectivity index (χ3v) is 4.05. The molecule has 0 spiro atoms. The van der Waals surface area contributed by atoms with Gasteiger partial charge in [-0.25, -0.2) is 0 Å². The quantitative estimate of drug-likeness (QED) is 0.868. The average molecular weight is 317 g/mol. The molecule has 1 atom stereocenters. The minimum Gasteiger partial charge on any atom is -0.389 e. The van der Waals surface area contributed by atoms with E-state index in [4.69, 9.17) is 18.0 Å². The van der Waals surface area contributed by atoms with Gasteiger partial charge in [0.25, 0.3) is 0 Å². The van der Waals surface area contributed by atoms with Gasteiger partial charge in [-0.1, -0.05) is 12.2 Å². The molecule has 1 saturated heterocycles. The highest BCUT2D eigenvalue weighted by atomic mass is 32.1. The number of nitrogens with two attached hydrogens (primary N) is 1. The van der Waals surface area contributed by atoms with Crippen molar-refractivity contribution in [3.05, 3.63) is 29.3 Å². The molecule has 7 heteroatoms. The van der Waals surface area contributed by atoms with Crippen LogP contribution in [0.15, 0.2) is 18.2 Å². The van der Waals surface area contributed by atoms with E-state index in [0.717, 1.165) is 31.3 Å². The van der Waals surface area contributed by atoms with Crippen LogP contribution >= 0.6 is 12.2 Å². The van der Waals surface area contributed by atoms with Gasteiger partial charge in [-0.15, -0.1) is 0 Å². The SMILES string of the molecule is CN(C)C1CCN(c2ccc(C(F)(F)F)c(C(N)=S)c2)C1. The first kappa shape index (κ1) is 16.0. The van der Waals surface area contributed by atoms with Crippen molar-refractivity contribution in [2.24, 2.45) is 5.73 Å². The van der Waals surface area contributed by atoms with Gasteiger partial charge >= 0.3 is 6.18 Å². The van der Waals surface area contributed by atoms with Crippen LogP contribution in [0.1, 0.15) is 17.5 Å². The molecule has 0 bridgehead atoms. The lowest BCUT2D eigenvalue weighted by Crippen LogP contribution is -2.31. The second-order valence-corrected chi connectivity index (χ2v) is 5.88. The number of thiocarbonyl (C=S) groups is 1. The zero-order valence-electron chi connectivity index (χ0n) is 11.9. The number of nitrogens with zero attached hydrogens (tertiary/aromatic N) is 2. The number of benzene rings is 1. The lowest BCUT2D eigenvalue weighted by Gasteiger charge is -2.23. The molecule has 21 heavy (non-hydrogen) atoms. The molecule has 0 radical (unpaired) electrons. The summed E-state index contributed by atoms with van der Waals surface area (Å²) in [6.07, 6.45) is -3.47. The fourth-order valence-corrected chi connectivity index (χ4v) is 2.75. The number of halogens is 3. The van der Waals surface area contributed by atoms with Gasteiger partial charge in [0.15, 0.2) is 0 Å². The first-order valence-corrected chi connectivity index (χ1v) is 7.03. The molecule has 2 N–H and O–H groups in total. The van der Waals surface area contributed by atoms with E-state index in [1.54, 1.807) is 0 Å². The minimum atomic E-state index is -4.45. The van der Waals surface area contributed by atoms with Crippen LogP contribution in [0.25, 0.3) is 0 Å². The molecule has 3 nitrogen and oxygen atoms in total. The maximum atomic E-state index is 13.0. The van der Waals surface area contributed by atoms with E-state index in [-0.39, 0.29) is 10.6 Å². The van der Waals surface area contributed by atoms with Crippen molar-refractivity contribution in [3.63, 3.8) is 0 Å². The highest BCUT2D eigenvalue weighted by Gasteiger charge is 2.34. The zero-order valence-corrected chi connectivity index (χ0v) is 12.8. The monoisotopic (exact) mass is 317 g/mol.